The minimum absolute atomic E-state index is 0.0204. The first kappa shape index (κ1) is 21.4. The van der Waals surface area contributed by atoms with Crippen molar-refractivity contribution < 1.29 is 17.5 Å². The minimum atomic E-state index is -3.48. The number of hydrogen-bond acceptors (Lipinski definition) is 8. The van der Waals surface area contributed by atoms with E-state index < -0.39 is 15.7 Å². The van der Waals surface area contributed by atoms with E-state index in [0.29, 0.717) is 16.7 Å². The molecule has 3 heterocycles. The Bertz CT molecular complexity index is 1160. The third-order valence-corrected chi connectivity index (χ3v) is 6.25. The number of anilines is 1. The zero-order valence-corrected chi connectivity index (χ0v) is 18.2. The average Bonchev–Trinajstić information content (AvgIpc) is 3.22. The van der Waals surface area contributed by atoms with Gasteiger partial charge < -0.3 is 9.64 Å². The highest BCUT2D eigenvalue weighted by Crippen LogP contribution is 2.25. The monoisotopic (exact) mass is 466 g/mol. The van der Waals surface area contributed by atoms with Crippen LogP contribution < -0.4 is 9.64 Å². The van der Waals surface area contributed by atoms with Crippen molar-refractivity contribution >= 4 is 27.4 Å². The summed E-state index contributed by atoms with van der Waals surface area (Å²) >= 11 is 5.84. The van der Waals surface area contributed by atoms with Crippen molar-refractivity contribution in [3.05, 3.63) is 53.3 Å². The van der Waals surface area contributed by atoms with Gasteiger partial charge in [-0.1, -0.05) is 11.6 Å². The first-order chi connectivity index (χ1) is 14.8. The summed E-state index contributed by atoms with van der Waals surface area (Å²) in [6, 6.07) is 3.68. The Hall–Kier alpha value is -2.79. The predicted octanol–water partition coefficient (Wildman–Crippen LogP) is 2.68. The van der Waals surface area contributed by atoms with Crippen LogP contribution in [0.1, 0.15) is 24.6 Å². The average molecular weight is 467 g/mol. The molecule has 0 spiro atoms. The van der Waals surface area contributed by atoms with E-state index in [0.717, 1.165) is 38.3 Å². The van der Waals surface area contributed by atoms with Crippen LogP contribution in [0, 0.1) is 5.82 Å². The van der Waals surface area contributed by atoms with Crippen LogP contribution in [0.3, 0.4) is 0 Å². The molecule has 3 aromatic rings. The Labute approximate surface area is 183 Å². The smallest absolute Gasteiger partial charge is 0.225 e. The Morgan fingerprint density at radius 1 is 1.19 bits per heavy atom. The van der Waals surface area contributed by atoms with Gasteiger partial charge in [0.15, 0.2) is 21.4 Å². The molecular weight excluding hydrogens is 447 g/mol. The number of aromatic nitrogens is 5. The van der Waals surface area contributed by atoms with Crippen LogP contribution in [0.5, 0.6) is 5.75 Å². The number of piperidine rings is 1. The van der Waals surface area contributed by atoms with Crippen molar-refractivity contribution in [2.45, 2.75) is 30.4 Å². The van der Waals surface area contributed by atoms with Crippen molar-refractivity contribution in [2.24, 2.45) is 0 Å². The summed E-state index contributed by atoms with van der Waals surface area (Å²) in [6.07, 6.45) is 7.40. The maximum atomic E-state index is 14.1. The van der Waals surface area contributed by atoms with Crippen LogP contribution in [0.4, 0.5) is 10.3 Å². The Kier molecular flexibility index (Phi) is 6.05. The molecule has 0 radical (unpaired) electrons. The molecule has 1 aliphatic heterocycles. The van der Waals surface area contributed by atoms with Gasteiger partial charge in [0.05, 0.1) is 34.6 Å². The first-order valence-electron chi connectivity index (χ1n) is 9.55. The summed E-state index contributed by atoms with van der Waals surface area (Å²) in [5.41, 5.74) is 0.551. The number of ether oxygens (including phenoxy) is 1. The van der Waals surface area contributed by atoms with Gasteiger partial charge in [-0.2, -0.15) is 15.0 Å². The number of halogens is 2. The third kappa shape index (κ3) is 5.10. The minimum Gasteiger partial charge on any atom is -0.484 e. The quantitative estimate of drug-likeness (QED) is 0.546. The lowest BCUT2D eigenvalue weighted by molar-refractivity contribution is 0.279. The van der Waals surface area contributed by atoms with Crippen molar-refractivity contribution in [1.29, 1.82) is 0 Å². The fourth-order valence-electron chi connectivity index (χ4n) is 3.30. The van der Waals surface area contributed by atoms with Crippen LogP contribution in [-0.4, -0.2) is 52.7 Å². The molecule has 0 aliphatic carbocycles. The van der Waals surface area contributed by atoms with Gasteiger partial charge in [-0.15, -0.1) is 0 Å². The summed E-state index contributed by atoms with van der Waals surface area (Å²) in [5.74, 6) is -0.139. The Morgan fingerprint density at radius 3 is 2.55 bits per heavy atom. The largest absolute Gasteiger partial charge is 0.484 e. The Balaban J connectivity index is 1.33. The van der Waals surface area contributed by atoms with Crippen molar-refractivity contribution in [3.8, 4) is 5.75 Å². The first-order valence-corrected chi connectivity index (χ1v) is 11.8. The second-order valence-corrected chi connectivity index (χ2v) is 9.68. The fraction of sp³-hybridized carbons (Fsp3) is 0.368. The lowest BCUT2D eigenvalue weighted by Crippen LogP contribution is -2.36. The van der Waals surface area contributed by atoms with Crippen molar-refractivity contribution in [2.75, 3.05) is 24.2 Å². The van der Waals surface area contributed by atoms with Crippen LogP contribution >= 0.6 is 11.6 Å². The Morgan fingerprint density at radius 2 is 1.90 bits per heavy atom. The lowest BCUT2D eigenvalue weighted by atomic mass is 10.1. The highest BCUT2D eigenvalue weighted by atomic mass is 35.5. The lowest BCUT2D eigenvalue weighted by Gasteiger charge is -2.31. The number of nitrogens with zero attached hydrogens (tertiary/aromatic N) is 6. The van der Waals surface area contributed by atoms with Gasteiger partial charge in [-0.3, -0.25) is 0 Å². The van der Waals surface area contributed by atoms with E-state index in [1.807, 2.05) is 0 Å². The predicted molar refractivity (Wildman–Crippen MR) is 111 cm³/mol. The molecule has 31 heavy (non-hydrogen) atoms. The maximum absolute atomic E-state index is 14.1. The summed E-state index contributed by atoms with van der Waals surface area (Å²) in [6.45, 7) is 1.54. The molecular formula is C19H20ClFN6O3S. The second kappa shape index (κ2) is 8.75. The number of rotatable bonds is 6. The zero-order valence-electron chi connectivity index (χ0n) is 16.6. The molecule has 4 rings (SSSR count). The number of hydrogen-bond donors (Lipinski definition) is 0. The molecule has 0 N–H and O–H groups in total. The van der Waals surface area contributed by atoms with E-state index in [4.69, 9.17) is 16.3 Å². The van der Waals surface area contributed by atoms with Gasteiger partial charge in [0, 0.05) is 19.3 Å². The molecule has 0 saturated carbocycles. The molecule has 9 nitrogen and oxygen atoms in total. The molecule has 0 amide bonds. The molecule has 1 fully saturated rings. The fourth-order valence-corrected chi connectivity index (χ4v) is 4.03. The topological polar surface area (TPSA) is 103 Å². The number of sulfone groups is 1. The summed E-state index contributed by atoms with van der Waals surface area (Å²) < 4.78 is 42.6. The molecule has 1 saturated heterocycles. The molecule has 0 unspecified atom stereocenters. The molecule has 2 aromatic heterocycles. The highest BCUT2D eigenvalue weighted by molar-refractivity contribution is 7.90. The van der Waals surface area contributed by atoms with Gasteiger partial charge in [0.25, 0.3) is 0 Å². The van der Waals surface area contributed by atoms with E-state index in [1.54, 1.807) is 23.4 Å². The molecule has 0 bridgehead atoms. The zero-order chi connectivity index (χ0) is 22.0. The standard InChI is InChI=1S/C19H20ClFN6O3S/c1-31(28,29)16-2-3-18(17(21)8-16)30-12-14-11-24-27(25-14)15-4-6-26(7-5-15)19-22-9-13(20)10-23-19/h2-3,8-11,15H,4-7,12H2,1H3. The van der Waals surface area contributed by atoms with Gasteiger partial charge in [-0.25, -0.2) is 22.8 Å². The summed E-state index contributed by atoms with van der Waals surface area (Å²) in [5, 5.41) is 9.26. The van der Waals surface area contributed by atoms with Crippen molar-refractivity contribution in [1.82, 2.24) is 25.0 Å². The highest BCUT2D eigenvalue weighted by Gasteiger charge is 2.24. The van der Waals surface area contributed by atoms with E-state index in [1.165, 1.54) is 12.1 Å². The van der Waals surface area contributed by atoms with Gasteiger partial charge in [0.2, 0.25) is 5.95 Å². The molecule has 1 aromatic carbocycles. The molecule has 0 atom stereocenters. The van der Waals surface area contributed by atoms with Crippen molar-refractivity contribution in [3.63, 3.8) is 0 Å². The SMILES string of the molecule is CS(=O)(=O)c1ccc(OCc2cnn(C3CCN(c4ncc(Cl)cn4)CC3)n2)c(F)c1. The summed E-state index contributed by atoms with van der Waals surface area (Å²) in [7, 11) is -3.48. The van der Waals surface area contributed by atoms with E-state index >= 15 is 0 Å². The van der Waals surface area contributed by atoms with Gasteiger partial charge >= 0.3 is 0 Å². The molecule has 1 aliphatic rings. The second-order valence-electron chi connectivity index (χ2n) is 7.23. The third-order valence-electron chi connectivity index (χ3n) is 4.94. The van der Waals surface area contributed by atoms with Crippen LogP contribution in [-0.2, 0) is 16.4 Å². The van der Waals surface area contributed by atoms with E-state index in [2.05, 4.69) is 25.1 Å². The van der Waals surface area contributed by atoms with Gasteiger partial charge in [-0.05, 0) is 31.0 Å². The van der Waals surface area contributed by atoms with Gasteiger partial charge in [0.1, 0.15) is 12.3 Å². The normalized spacial score (nSPS) is 15.3. The molecule has 12 heteroatoms. The van der Waals surface area contributed by atoms with E-state index in [-0.39, 0.29) is 23.3 Å². The van der Waals surface area contributed by atoms with Crippen LogP contribution in [0.25, 0.3) is 0 Å². The maximum Gasteiger partial charge on any atom is 0.225 e. The van der Waals surface area contributed by atoms with E-state index in [9.17, 15) is 12.8 Å². The van der Waals surface area contributed by atoms with Crippen LogP contribution in [0.2, 0.25) is 5.02 Å². The number of benzene rings is 1. The van der Waals surface area contributed by atoms with Crippen LogP contribution in [0.15, 0.2) is 41.7 Å². The molecule has 164 valence electrons. The summed E-state index contributed by atoms with van der Waals surface area (Å²) in [4.78, 5) is 12.1.